The van der Waals surface area contributed by atoms with E-state index in [2.05, 4.69) is 42.3 Å². The molecule has 0 radical (unpaired) electrons. The summed E-state index contributed by atoms with van der Waals surface area (Å²) < 4.78 is 5.12. The number of carbonyl (C=O) groups excluding carboxylic acids is 2. The molecule has 1 aliphatic rings. The summed E-state index contributed by atoms with van der Waals surface area (Å²) in [6.07, 6.45) is 0.821. The monoisotopic (exact) mass is 434 g/mol. The van der Waals surface area contributed by atoms with Crippen LogP contribution in [-0.4, -0.2) is 45.9 Å². The number of aromatic amines is 1. The zero-order chi connectivity index (χ0) is 23.0. The van der Waals surface area contributed by atoms with Crippen LogP contribution in [0.15, 0.2) is 24.3 Å². The molecule has 1 aromatic carbocycles. The van der Waals surface area contributed by atoms with Crippen LogP contribution in [0, 0.1) is 27.7 Å². The number of nitrogens with zero attached hydrogens (tertiary/aromatic N) is 2. The van der Waals surface area contributed by atoms with Crippen molar-refractivity contribution >= 4 is 28.6 Å². The quantitative estimate of drug-likeness (QED) is 0.568. The fraction of sp³-hybridized carbons (Fsp3) is 0.400. The second kappa shape index (κ2) is 8.65. The first kappa shape index (κ1) is 21.9. The molecule has 168 valence electrons. The van der Waals surface area contributed by atoms with E-state index >= 15 is 0 Å². The summed E-state index contributed by atoms with van der Waals surface area (Å²) in [7, 11) is 0. The average molecular weight is 435 g/mol. The fourth-order valence-corrected chi connectivity index (χ4v) is 4.23. The van der Waals surface area contributed by atoms with Gasteiger partial charge in [0.2, 0.25) is 0 Å². The van der Waals surface area contributed by atoms with Crippen LogP contribution in [0.3, 0.4) is 0 Å². The summed E-state index contributed by atoms with van der Waals surface area (Å²) in [5.41, 5.74) is 7.12. The van der Waals surface area contributed by atoms with Gasteiger partial charge in [-0.2, -0.15) is 0 Å². The van der Waals surface area contributed by atoms with Crippen LogP contribution in [0.1, 0.15) is 51.8 Å². The van der Waals surface area contributed by atoms with Crippen LogP contribution >= 0.6 is 0 Å². The van der Waals surface area contributed by atoms with Gasteiger partial charge in [0.15, 0.2) is 5.82 Å². The number of pyridine rings is 1. The minimum absolute atomic E-state index is 0.0935. The number of hydrogen-bond donors (Lipinski definition) is 2. The largest absolute Gasteiger partial charge is 0.464 e. The van der Waals surface area contributed by atoms with E-state index in [1.165, 1.54) is 23.6 Å². The molecule has 0 spiro atoms. The highest BCUT2D eigenvalue weighted by Gasteiger charge is 2.34. The number of amides is 1. The number of H-pyrrole nitrogens is 1. The normalized spacial score (nSPS) is 15.5. The summed E-state index contributed by atoms with van der Waals surface area (Å²) >= 11 is 0. The van der Waals surface area contributed by atoms with Crippen LogP contribution in [0.2, 0.25) is 0 Å². The van der Waals surface area contributed by atoms with Crippen LogP contribution in [0.4, 0.5) is 5.82 Å². The molecule has 1 fully saturated rings. The third kappa shape index (κ3) is 4.07. The topological polar surface area (TPSA) is 87.3 Å². The third-order valence-electron chi connectivity index (χ3n) is 6.48. The molecule has 1 amide bonds. The number of aromatic nitrogens is 2. The number of nitrogens with one attached hydrogen (secondary N) is 2. The van der Waals surface area contributed by atoms with E-state index in [9.17, 15) is 9.59 Å². The van der Waals surface area contributed by atoms with E-state index in [1.54, 1.807) is 4.90 Å². The number of likely N-dealkylation sites (tertiary alicyclic amines) is 1. The maximum Gasteiger partial charge on any atom is 0.302 e. The van der Waals surface area contributed by atoms with Crippen LogP contribution in [0.5, 0.6) is 0 Å². The molecule has 7 heteroatoms. The lowest BCUT2D eigenvalue weighted by Gasteiger charge is -2.40. The van der Waals surface area contributed by atoms with Crippen molar-refractivity contribution < 1.29 is 14.3 Å². The van der Waals surface area contributed by atoms with Crippen molar-refractivity contribution in [3.63, 3.8) is 0 Å². The van der Waals surface area contributed by atoms with Gasteiger partial charge in [0.25, 0.3) is 5.91 Å². The summed E-state index contributed by atoms with van der Waals surface area (Å²) in [6, 6.07) is 8.03. The van der Waals surface area contributed by atoms with Gasteiger partial charge in [-0.25, -0.2) is 4.98 Å². The Morgan fingerprint density at radius 2 is 1.94 bits per heavy atom. The number of fused-ring (bicyclic) bond motifs is 1. The molecule has 4 rings (SSSR count). The van der Waals surface area contributed by atoms with Crippen molar-refractivity contribution in [2.75, 3.05) is 18.5 Å². The summed E-state index contributed by atoms with van der Waals surface area (Å²) in [5, 5.41) is 4.45. The molecule has 2 N–H and O–H groups in total. The van der Waals surface area contributed by atoms with Gasteiger partial charge in [0.05, 0.1) is 11.6 Å². The Morgan fingerprint density at radius 1 is 1.22 bits per heavy atom. The molecule has 2 aromatic heterocycles. The lowest BCUT2D eigenvalue weighted by atomic mass is 10.0. The van der Waals surface area contributed by atoms with E-state index in [-0.39, 0.29) is 24.5 Å². The van der Waals surface area contributed by atoms with Crippen molar-refractivity contribution in [1.82, 2.24) is 14.9 Å². The predicted octanol–water partition coefficient (Wildman–Crippen LogP) is 4.19. The summed E-state index contributed by atoms with van der Waals surface area (Å²) in [4.78, 5) is 34.3. The van der Waals surface area contributed by atoms with E-state index < -0.39 is 0 Å². The number of aryl methyl sites for hydroxylation is 4. The van der Waals surface area contributed by atoms with Gasteiger partial charge >= 0.3 is 5.97 Å². The Labute approximate surface area is 188 Å². The minimum Gasteiger partial charge on any atom is -0.464 e. The Kier molecular flexibility index (Phi) is 5.91. The second-order valence-corrected chi connectivity index (χ2v) is 8.62. The van der Waals surface area contributed by atoms with Gasteiger partial charge in [-0.3, -0.25) is 9.59 Å². The second-order valence-electron chi connectivity index (χ2n) is 8.62. The molecular weight excluding hydrogens is 404 g/mol. The highest BCUT2D eigenvalue weighted by molar-refractivity contribution is 6.01. The Bertz CT molecular complexity index is 1180. The number of benzene rings is 1. The van der Waals surface area contributed by atoms with E-state index in [0.717, 1.165) is 28.6 Å². The Balaban J connectivity index is 1.65. The molecule has 32 heavy (non-hydrogen) atoms. The number of esters is 1. The molecule has 0 saturated carbocycles. The van der Waals surface area contributed by atoms with Crippen LogP contribution in [0.25, 0.3) is 10.9 Å². The molecule has 0 aliphatic carbocycles. The van der Waals surface area contributed by atoms with Gasteiger partial charge in [0.1, 0.15) is 12.3 Å². The zero-order valence-corrected chi connectivity index (χ0v) is 19.3. The van der Waals surface area contributed by atoms with Crippen molar-refractivity contribution in [3.8, 4) is 0 Å². The van der Waals surface area contributed by atoms with Crippen molar-refractivity contribution in [1.29, 1.82) is 0 Å². The van der Waals surface area contributed by atoms with Gasteiger partial charge in [-0.05, 0) is 62.4 Å². The maximum absolute atomic E-state index is 13.3. The minimum atomic E-state index is -0.333. The van der Waals surface area contributed by atoms with Gasteiger partial charge in [-0.15, -0.1) is 0 Å². The van der Waals surface area contributed by atoms with Gasteiger partial charge < -0.3 is 19.9 Å². The van der Waals surface area contributed by atoms with E-state index in [4.69, 9.17) is 9.72 Å². The number of ether oxygens (including phenoxy) is 1. The zero-order valence-electron chi connectivity index (χ0n) is 19.3. The molecular formula is C25H30N4O3. The molecule has 3 aromatic rings. The number of anilines is 1. The first-order valence-electron chi connectivity index (χ1n) is 11.0. The van der Waals surface area contributed by atoms with E-state index in [0.29, 0.717) is 24.6 Å². The van der Waals surface area contributed by atoms with Crippen molar-refractivity contribution in [2.24, 2.45) is 0 Å². The number of rotatable bonds is 6. The lowest BCUT2D eigenvalue weighted by molar-refractivity contribution is -0.143. The van der Waals surface area contributed by atoms with Crippen LogP contribution in [-0.2, 0) is 16.1 Å². The molecule has 1 saturated heterocycles. The first-order chi connectivity index (χ1) is 15.3. The molecule has 1 atom stereocenters. The molecule has 7 nitrogen and oxygen atoms in total. The third-order valence-corrected chi connectivity index (χ3v) is 6.48. The maximum atomic E-state index is 13.3. The van der Waals surface area contributed by atoms with Crippen molar-refractivity contribution in [2.45, 2.75) is 53.6 Å². The molecule has 1 aliphatic heterocycles. The van der Waals surface area contributed by atoms with Gasteiger partial charge in [-0.1, -0.05) is 18.2 Å². The first-order valence-corrected chi connectivity index (χ1v) is 11.0. The lowest BCUT2D eigenvalue weighted by Crippen LogP contribution is -2.53. The Hall–Kier alpha value is -3.35. The predicted molar refractivity (Wildman–Crippen MR) is 125 cm³/mol. The SMILES string of the molecule is CC(=O)OCC1CCN1C(=O)c1cc2c(C)c(C)[nH]c2c(NCc2c(C)cccc2C)n1. The highest BCUT2D eigenvalue weighted by Crippen LogP contribution is 2.30. The molecule has 3 heterocycles. The highest BCUT2D eigenvalue weighted by atomic mass is 16.5. The molecule has 1 unspecified atom stereocenters. The summed E-state index contributed by atoms with van der Waals surface area (Å²) in [5.74, 6) is 0.200. The van der Waals surface area contributed by atoms with E-state index in [1.807, 2.05) is 19.9 Å². The standard InChI is InChI=1S/C25H30N4O3/c1-14-7-6-8-15(2)21(14)12-26-24-23-20(16(3)17(4)27-23)11-22(28-24)25(31)29-10-9-19(29)13-32-18(5)30/h6-8,11,19,27H,9-10,12-13H2,1-5H3,(H,26,28). The summed E-state index contributed by atoms with van der Waals surface area (Å²) in [6.45, 7) is 11.1. The molecule has 0 bridgehead atoms. The fourth-order valence-electron chi connectivity index (χ4n) is 4.23. The van der Waals surface area contributed by atoms with Crippen LogP contribution < -0.4 is 5.32 Å². The van der Waals surface area contributed by atoms with Crippen molar-refractivity contribution in [3.05, 3.63) is 57.9 Å². The van der Waals surface area contributed by atoms with Gasteiger partial charge in [0, 0.05) is 31.1 Å². The average Bonchev–Trinajstić information content (AvgIpc) is 3.00. The smallest absolute Gasteiger partial charge is 0.302 e. The number of carbonyl (C=O) groups is 2. The Morgan fingerprint density at radius 3 is 2.56 bits per heavy atom. The number of hydrogen-bond acceptors (Lipinski definition) is 5.